The molecule has 0 aliphatic heterocycles. The minimum Gasteiger partial charge on any atom is -0.480 e. The minimum atomic E-state index is -0.756. The molecule has 0 saturated heterocycles. The Morgan fingerprint density at radius 1 is 1.41 bits per heavy atom. The highest BCUT2D eigenvalue weighted by atomic mass is 79.9. The molecule has 1 unspecified atom stereocenters. The van der Waals surface area contributed by atoms with Gasteiger partial charge < -0.3 is 5.11 Å². The molecule has 0 heterocycles. The van der Waals surface area contributed by atoms with Crippen LogP contribution in [0.2, 0.25) is 0 Å². The van der Waals surface area contributed by atoms with Crippen LogP contribution in [-0.2, 0) is 11.2 Å². The van der Waals surface area contributed by atoms with Gasteiger partial charge in [0.05, 0.1) is 0 Å². The summed E-state index contributed by atoms with van der Waals surface area (Å²) in [5.41, 5.74) is 1.04. The summed E-state index contributed by atoms with van der Waals surface area (Å²) in [6.45, 7) is 5.48. The van der Waals surface area contributed by atoms with Crippen LogP contribution in [0.5, 0.6) is 0 Å². The normalized spacial score (nSPS) is 12.7. The number of hydrogen-bond acceptors (Lipinski definition) is 2. The number of likely N-dealkylation sites (N-methyl/N-ethyl adjacent to an activating group) is 1. The maximum atomic E-state index is 11.3. The number of rotatable bonds is 6. The first-order chi connectivity index (χ1) is 8.08. The maximum Gasteiger partial charge on any atom is 0.321 e. The Morgan fingerprint density at radius 2 is 2.06 bits per heavy atom. The number of carboxylic acids is 1. The monoisotopic (exact) mass is 299 g/mol. The van der Waals surface area contributed by atoms with Crippen molar-refractivity contribution in [3.05, 3.63) is 34.3 Å². The molecule has 0 spiro atoms. The molecule has 1 aromatic rings. The number of aliphatic carboxylic acids is 1. The van der Waals surface area contributed by atoms with E-state index in [1.807, 2.05) is 43.0 Å². The van der Waals surface area contributed by atoms with Crippen LogP contribution in [0.4, 0.5) is 0 Å². The summed E-state index contributed by atoms with van der Waals surface area (Å²) < 4.78 is 0.985. The summed E-state index contributed by atoms with van der Waals surface area (Å²) >= 11 is 3.40. The molecule has 3 nitrogen and oxygen atoms in total. The zero-order valence-corrected chi connectivity index (χ0v) is 11.8. The Kier molecular flexibility index (Phi) is 5.65. The highest BCUT2D eigenvalue weighted by Gasteiger charge is 2.23. The Labute approximate surface area is 111 Å². The molecule has 17 heavy (non-hydrogen) atoms. The standard InChI is InChI=1S/C13H18BrNO2/c1-3-15(4-2)12(13(16)17)9-10-6-5-7-11(14)8-10/h5-8,12H,3-4,9H2,1-2H3,(H,16,17). The quantitative estimate of drug-likeness (QED) is 0.878. The van der Waals surface area contributed by atoms with Crippen LogP contribution in [0.1, 0.15) is 19.4 Å². The van der Waals surface area contributed by atoms with Gasteiger partial charge in [-0.3, -0.25) is 9.69 Å². The van der Waals surface area contributed by atoms with Gasteiger partial charge in [-0.25, -0.2) is 0 Å². The van der Waals surface area contributed by atoms with Crippen molar-refractivity contribution in [3.63, 3.8) is 0 Å². The van der Waals surface area contributed by atoms with Gasteiger partial charge in [-0.1, -0.05) is 41.9 Å². The molecule has 0 aliphatic carbocycles. The fourth-order valence-electron chi connectivity index (χ4n) is 1.92. The summed E-state index contributed by atoms with van der Waals surface area (Å²) in [6, 6.07) is 7.36. The Balaban J connectivity index is 2.83. The number of nitrogens with zero attached hydrogens (tertiary/aromatic N) is 1. The molecule has 0 aromatic heterocycles. The topological polar surface area (TPSA) is 40.5 Å². The number of carboxylic acid groups (broad SMARTS) is 1. The summed E-state index contributed by atoms with van der Waals surface area (Å²) in [5, 5.41) is 9.28. The predicted octanol–water partition coefficient (Wildman–Crippen LogP) is 2.79. The molecule has 0 fully saturated rings. The van der Waals surface area contributed by atoms with E-state index < -0.39 is 12.0 Å². The molecule has 0 radical (unpaired) electrons. The molecule has 1 N–H and O–H groups in total. The van der Waals surface area contributed by atoms with Gasteiger partial charge in [0.15, 0.2) is 0 Å². The van der Waals surface area contributed by atoms with E-state index in [1.165, 1.54) is 0 Å². The highest BCUT2D eigenvalue weighted by molar-refractivity contribution is 9.10. The summed E-state index contributed by atoms with van der Waals surface area (Å²) in [6.07, 6.45) is 0.538. The van der Waals surface area contributed by atoms with Crippen molar-refractivity contribution in [1.82, 2.24) is 4.90 Å². The van der Waals surface area contributed by atoms with E-state index in [4.69, 9.17) is 0 Å². The largest absolute Gasteiger partial charge is 0.480 e. The first-order valence-electron chi connectivity index (χ1n) is 5.79. The van der Waals surface area contributed by atoms with E-state index in [0.29, 0.717) is 6.42 Å². The van der Waals surface area contributed by atoms with Crippen molar-refractivity contribution in [2.75, 3.05) is 13.1 Å². The smallest absolute Gasteiger partial charge is 0.321 e. The Hall–Kier alpha value is -0.870. The zero-order chi connectivity index (χ0) is 12.8. The third kappa shape index (κ3) is 4.13. The lowest BCUT2D eigenvalue weighted by Gasteiger charge is -2.26. The van der Waals surface area contributed by atoms with E-state index in [9.17, 15) is 9.90 Å². The van der Waals surface area contributed by atoms with Gasteiger partial charge >= 0.3 is 5.97 Å². The lowest BCUT2D eigenvalue weighted by atomic mass is 10.0. The predicted molar refractivity (Wildman–Crippen MR) is 72.2 cm³/mol. The first-order valence-corrected chi connectivity index (χ1v) is 6.59. The lowest BCUT2D eigenvalue weighted by molar-refractivity contribution is -0.143. The van der Waals surface area contributed by atoms with Crippen LogP contribution in [-0.4, -0.2) is 35.1 Å². The van der Waals surface area contributed by atoms with E-state index in [1.54, 1.807) is 0 Å². The molecule has 0 bridgehead atoms. The average Bonchev–Trinajstić information content (AvgIpc) is 2.29. The second-order valence-electron chi connectivity index (χ2n) is 3.91. The van der Waals surface area contributed by atoms with Crippen molar-refractivity contribution in [2.24, 2.45) is 0 Å². The number of benzene rings is 1. The minimum absolute atomic E-state index is 0.445. The molecule has 0 saturated carbocycles. The molecular formula is C13H18BrNO2. The molecule has 1 atom stereocenters. The summed E-state index contributed by atoms with van der Waals surface area (Å²) in [5.74, 6) is -0.756. The third-order valence-electron chi connectivity index (χ3n) is 2.86. The first kappa shape index (κ1) is 14.2. The zero-order valence-electron chi connectivity index (χ0n) is 10.2. The number of hydrogen-bond donors (Lipinski definition) is 1. The van der Waals surface area contributed by atoms with Crippen LogP contribution in [0.15, 0.2) is 28.7 Å². The fraction of sp³-hybridized carbons (Fsp3) is 0.462. The Bertz CT molecular complexity index is 377. The molecule has 1 rings (SSSR count). The molecule has 94 valence electrons. The van der Waals surface area contributed by atoms with Gasteiger partial charge in [-0.05, 0) is 37.2 Å². The lowest BCUT2D eigenvalue weighted by Crippen LogP contribution is -2.42. The van der Waals surface area contributed by atoms with Crippen molar-refractivity contribution in [1.29, 1.82) is 0 Å². The van der Waals surface area contributed by atoms with Gasteiger partial charge in [-0.2, -0.15) is 0 Å². The molecule has 1 aromatic carbocycles. The van der Waals surface area contributed by atoms with Gasteiger partial charge in [-0.15, -0.1) is 0 Å². The highest BCUT2D eigenvalue weighted by Crippen LogP contribution is 2.15. The van der Waals surface area contributed by atoms with E-state index in [0.717, 1.165) is 23.1 Å². The molecule has 0 aliphatic rings. The molecule has 0 amide bonds. The van der Waals surface area contributed by atoms with E-state index in [-0.39, 0.29) is 0 Å². The van der Waals surface area contributed by atoms with Gasteiger partial charge in [0.25, 0.3) is 0 Å². The average molecular weight is 300 g/mol. The van der Waals surface area contributed by atoms with Crippen LogP contribution in [0.3, 0.4) is 0 Å². The van der Waals surface area contributed by atoms with Crippen molar-refractivity contribution in [3.8, 4) is 0 Å². The number of halogens is 1. The van der Waals surface area contributed by atoms with E-state index >= 15 is 0 Å². The van der Waals surface area contributed by atoms with Gasteiger partial charge in [0.1, 0.15) is 6.04 Å². The van der Waals surface area contributed by atoms with Crippen LogP contribution in [0.25, 0.3) is 0 Å². The van der Waals surface area contributed by atoms with Gasteiger partial charge in [0, 0.05) is 4.47 Å². The van der Waals surface area contributed by atoms with Crippen molar-refractivity contribution in [2.45, 2.75) is 26.3 Å². The summed E-state index contributed by atoms with van der Waals surface area (Å²) in [4.78, 5) is 13.3. The van der Waals surface area contributed by atoms with Crippen LogP contribution < -0.4 is 0 Å². The second-order valence-corrected chi connectivity index (χ2v) is 4.82. The van der Waals surface area contributed by atoms with Crippen LogP contribution in [0, 0.1) is 0 Å². The fourth-order valence-corrected chi connectivity index (χ4v) is 2.37. The summed E-state index contributed by atoms with van der Waals surface area (Å²) in [7, 11) is 0. The Morgan fingerprint density at radius 3 is 2.53 bits per heavy atom. The van der Waals surface area contributed by atoms with Gasteiger partial charge in [0.2, 0.25) is 0 Å². The third-order valence-corrected chi connectivity index (χ3v) is 3.35. The van der Waals surface area contributed by atoms with E-state index in [2.05, 4.69) is 15.9 Å². The molecule has 4 heteroatoms. The maximum absolute atomic E-state index is 11.3. The second kappa shape index (κ2) is 6.77. The number of carbonyl (C=O) groups is 1. The molecular weight excluding hydrogens is 282 g/mol. The SMILES string of the molecule is CCN(CC)C(Cc1cccc(Br)c1)C(=O)O. The van der Waals surface area contributed by atoms with Crippen molar-refractivity contribution < 1.29 is 9.90 Å². The van der Waals surface area contributed by atoms with Crippen LogP contribution >= 0.6 is 15.9 Å². The van der Waals surface area contributed by atoms with Crippen molar-refractivity contribution >= 4 is 21.9 Å².